The highest BCUT2D eigenvalue weighted by molar-refractivity contribution is 5.76. The molecule has 0 bridgehead atoms. The average molecular weight is 320 g/mol. The molecule has 1 saturated heterocycles. The Morgan fingerprint density at radius 2 is 2.30 bits per heavy atom. The third kappa shape index (κ3) is 5.89. The lowest BCUT2D eigenvalue weighted by molar-refractivity contribution is -0.122. The van der Waals surface area contributed by atoms with E-state index in [-0.39, 0.29) is 11.9 Å². The van der Waals surface area contributed by atoms with Gasteiger partial charge in [0.25, 0.3) is 0 Å². The van der Waals surface area contributed by atoms with E-state index in [1.807, 2.05) is 12.3 Å². The van der Waals surface area contributed by atoms with Gasteiger partial charge >= 0.3 is 0 Å². The zero-order valence-electron chi connectivity index (χ0n) is 14.4. The van der Waals surface area contributed by atoms with E-state index in [1.54, 1.807) is 13.3 Å². The van der Waals surface area contributed by atoms with Gasteiger partial charge < -0.3 is 15.0 Å². The first kappa shape index (κ1) is 17.8. The molecule has 0 unspecified atom stereocenters. The molecule has 2 rings (SSSR count). The van der Waals surface area contributed by atoms with Gasteiger partial charge in [-0.15, -0.1) is 0 Å². The van der Waals surface area contributed by atoms with Gasteiger partial charge in [-0.05, 0) is 25.7 Å². The molecule has 0 aromatic carbocycles. The Labute approximate surface area is 138 Å². The molecule has 0 radical (unpaired) electrons. The minimum Gasteiger partial charge on any atom is -0.384 e. The quantitative estimate of drug-likeness (QED) is 0.760. The van der Waals surface area contributed by atoms with E-state index >= 15 is 0 Å². The van der Waals surface area contributed by atoms with E-state index in [2.05, 4.69) is 40.3 Å². The number of methoxy groups -OCH3 is 1. The van der Waals surface area contributed by atoms with Gasteiger partial charge in [0.15, 0.2) is 0 Å². The number of ether oxygens (including phenoxy) is 1. The fourth-order valence-corrected chi connectivity index (χ4v) is 3.13. The van der Waals surface area contributed by atoms with Crippen LogP contribution in [0.3, 0.4) is 0 Å². The molecule has 2 atom stereocenters. The summed E-state index contributed by atoms with van der Waals surface area (Å²) in [5.74, 6) is 0.511. The van der Waals surface area contributed by atoms with Crippen molar-refractivity contribution in [3.63, 3.8) is 0 Å². The van der Waals surface area contributed by atoms with Gasteiger partial charge in [0, 0.05) is 64.1 Å². The molecular weight excluding hydrogens is 292 g/mol. The maximum absolute atomic E-state index is 12.0. The zero-order chi connectivity index (χ0) is 16.7. The zero-order valence-corrected chi connectivity index (χ0v) is 14.4. The molecule has 1 fully saturated rings. The maximum atomic E-state index is 12.0. The highest BCUT2D eigenvalue weighted by atomic mass is 16.5. The van der Waals surface area contributed by atoms with Crippen molar-refractivity contribution >= 4 is 5.91 Å². The van der Waals surface area contributed by atoms with E-state index in [0.29, 0.717) is 18.9 Å². The minimum absolute atomic E-state index is 0.0730. The molecule has 1 amide bonds. The first-order valence-corrected chi connectivity index (χ1v) is 8.12. The third-order valence-electron chi connectivity index (χ3n) is 4.12. The van der Waals surface area contributed by atoms with Crippen molar-refractivity contribution in [2.75, 3.05) is 47.4 Å². The summed E-state index contributed by atoms with van der Waals surface area (Å²) in [6.45, 7) is 4.19. The summed E-state index contributed by atoms with van der Waals surface area (Å²) >= 11 is 0. The highest BCUT2D eigenvalue weighted by Gasteiger charge is 2.33. The van der Waals surface area contributed by atoms with Crippen molar-refractivity contribution in [2.24, 2.45) is 5.92 Å². The van der Waals surface area contributed by atoms with Gasteiger partial charge in [-0.25, -0.2) is 0 Å². The van der Waals surface area contributed by atoms with Gasteiger partial charge in [0.05, 0.1) is 6.61 Å². The largest absolute Gasteiger partial charge is 0.384 e. The van der Waals surface area contributed by atoms with E-state index < -0.39 is 0 Å². The van der Waals surface area contributed by atoms with Crippen molar-refractivity contribution in [1.29, 1.82) is 0 Å². The van der Waals surface area contributed by atoms with Gasteiger partial charge in [-0.2, -0.15) is 0 Å². The fourth-order valence-electron chi connectivity index (χ4n) is 3.13. The molecular formula is C17H28N4O2. The number of likely N-dealkylation sites (tertiary alicyclic amines) is 1. The van der Waals surface area contributed by atoms with Crippen LogP contribution in [0.1, 0.15) is 12.0 Å². The van der Waals surface area contributed by atoms with E-state index in [9.17, 15) is 4.79 Å². The van der Waals surface area contributed by atoms with Crippen LogP contribution in [0.25, 0.3) is 0 Å². The van der Waals surface area contributed by atoms with Crippen LogP contribution in [0.2, 0.25) is 0 Å². The molecule has 0 spiro atoms. The van der Waals surface area contributed by atoms with Crippen molar-refractivity contribution in [2.45, 2.75) is 19.0 Å². The Bertz CT molecular complexity index is 481. The van der Waals surface area contributed by atoms with Crippen LogP contribution in [0.15, 0.2) is 24.5 Å². The molecule has 1 N–H and O–H groups in total. The standard InChI is InChI=1S/C17H28N4O2/c1-20(2)11-15-12-21(10-14-5-4-7-18-9-14)13-16(15)19-17(22)6-8-23-3/h4-5,7,9,15-16H,6,8,10-13H2,1-3H3,(H,19,22)/t15-,16-/m1/s1. The topological polar surface area (TPSA) is 57.7 Å². The summed E-state index contributed by atoms with van der Waals surface area (Å²) in [6, 6.07) is 4.25. The van der Waals surface area contributed by atoms with Gasteiger partial charge in [0.2, 0.25) is 5.91 Å². The molecule has 6 heteroatoms. The molecule has 1 aromatic heterocycles. The summed E-state index contributed by atoms with van der Waals surface area (Å²) in [5.41, 5.74) is 1.21. The molecule has 0 aliphatic carbocycles. The number of hydrogen-bond acceptors (Lipinski definition) is 5. The first-order chi connectivity index (χ1) is 11.1. The molecule has 6 nitrogen and oxygen atoms in total. The predicted octanol–water partition coefficient (Wildman–Crippen LogP) is 0.596. The van der Waals surface area contributed by atoms with Crippen molar-refractivity contribution < 1.29 is 9.53 Å². The molecule has 2 heterocycles. The molecule has 0 saturated carbocycles. The van der Waals surface area contributed by atoms with Crippen LogP contribution < -0.4 is 5.32 Å². The summed E-state index contributed by atoms with van der Waals surface area (Å²) in [6.07, 6.45) is 4.12. The van der Waals surface area contributed by atoms with Crippen molar-refractivity contribution in [3.8, 4) is 0 Å². The Morgan fingerprint density at radius 1 is 1.48 bits per heavy atom. The SMILES string of the molecule is COCCC(=O)N[C@@H]1CN(Cc2cccnc2)C[C@H]1CN(C)C. The van der Waals surface area contributed by atoms with Crippen LogP contribution in [-0.2, 0) is 16.1 Å². The number of nitrogens with one attached hydrogen (secondary N) is 1. The molecule has 128 valence electrons. The Hall–Kier alpha value is -1.50. The normalized spacial score (nSPS) is 21.7. The molecule has 1 aliphatic heterocycles. The molecule has 23 heavy (non-hydrogen) atoms. The van der Waals surface area contributed by atoms with Gasteiger partial charge in [-0.1, -0.05) is 6.07 Å². The van der Waals surface area contributed by atoms with E-state index in [1.165, 1.54) is 5.56 Å². The van der Waals surface area contributed by atoms with Crippen LogP contribution >= 0.6 is 0 Å². The van der Waals surface area contributed by atoms with Crippen LogP contribution in [-0.4, -0.2) is 74.2 Å². The number of carbonyl (C=O) groups excluding carboxylic acids is 1. The Morgan fingerprint density at radius 3 is 2.96 bits per heavy atom. The number of pyridine rings is 1. The number of aromatic nitrogens is 1. The van der Waals surface area contributed by atoms with Gasteiger partial charge in [0.1, 0.15) is 0 Å². The maximum Gasteiger partial charge on any atom is 0.222 e. The summed E-state index contributed by atoms with van der Waals surface area (Å²) < 4.78 is 4.98. The average Bonchev–Trinajstić information content (AvgIpc) is 2.86. The van der Waals surface area contributed by atoms with Crippen molar-refractivity contribution in [1.82, 2.24) is 20.1 Å². The number of hydrogen-bond donors (Lipinski definition) is 1. The summed E-state index contributed by atoms with van der Waals surface area (Å²) in [7, 11) is 5.77. The summed E-state index contributed by atoms with van der Waals surface area (Å²) in [5, 5.41) is 3.18. The van der Waals surface area contributed by atoms with Crippen molar-refractivity contribution in [3.05, 3.63) is 30.1 Å². The number of amides is 1. The number of rotatable bonds is 8. The van der Waals surface area contributed by atoms with E-state index in [0.717, 1.165) is 26.2 Å². The fraction of sp³-hybridized carbons (Fsp3) is 0.647. The lowest BCUT2D eigenvalue weighted by Gasteiger charge is -2.22. The second-order valence-electron chi connectivity index (χ2n) is 6.49. The first-order valence-electron chi connectivity index (χ1n) is 8.12. The van der Waals surface area contributed by atoms with Crippen LogP contribution in [0.4, 0.5) is 0 Å². The minimum atomic E-state index is 0.0730. The predicted molar refractivity (Wildman–Crippen MR) is 90.0 cm³/mol. The van der Waals surface area contributed by atoms with E-state index in [4.69, 9.17) is 4.74 Å². The number of carbonyl (C=O) groups is 1. The molecule has 1 aliphatic rings. The smallest absolute Gasteiger partial charge is 0.222 e. The second kappa shape index (κ2) is 8.96. The third-order valence-corrected chi connectivity index (χ3v) is 4.12. The lowest BCUT2D eigenvalue weighted by atomic mass is 10.0. The second-order valence-corrected chi connectivity index (χ2v) is 6.49. The number of nitrogens with zero attached hydrogens (tertiary/aromatic N) is 3. The van der Waals surface area contributed by atoms with Gasteiger partial charge in [-0.3, -0.25) is 14.7 Å². The van der Waals surface area contributed by atoms with Crippen LogP contribution in [0.5, 0.6) is 0 Å². The highest BCUT2D eigenvalue weighted by Crippen LogP contribution is 2.20. The monoisotopic (exact) mass is 320 g/mol. The molecule has 1 aromatic rings. The Balaban J connectivity index is 1.93. The lowest BCUT2D eigenvalue weighted by Crippen LogP contribution is -2.43. The van der Waals surface area contributed by atoms with Crippen LogP contribution in [0, 0.1) is 5.92 Å². The summed E-state index contributed by atoms with van der Waals surface area (Å²) in [4.78, 5) is 20.8. The Kier molecular flexibility index (Phi) is 6.95.